The quantitative estimate of drug-likeness (QED) is 0.898. The summed E-state index contributed by atoms with van der Waals surface area (Å²) in [6.07, 6.45) is 7.05. The zero-order valence-corrected chi connectivity index (χ0v) is 12.3. The Hall–Kier alpha value is -1.42. The molecule has 1 saturated heterocycles. The first kappa shape index (κ1) is 15.0. The second-order valence-corrected chi connectivity index (χ2v) is 5.61. The molecule has 4 heteroatoms. The third-order valence-corrected chi connectivity index (χ3v) is 4.16. The van der Waals surface area contributed by atoms with Gasteiger partial charge in [-0.2, -0.15) is 0 Å². The number of hydrogen-bond donors (Lipinski definition) is 1. The second-order valence-electron chi connectivity index (χ2n) is 5.61. The molecular weight excluding hydrogens is 250 g/mol. The fraction of sp³-hybridized carbons (Fsp3) is 0.625. The molecule has 1 aromatic heterocycles. The molecule has 2 heterocycles. The lowest BCUT2D eigenvalue weighted by molar-refractivity contribution is -0.131. The van der Waals surface area contributed by atoms with Crippen LogP contribution in [0.25, 0.3) is 0 Å². The maximum atomic E-state index is 12.2. The Labute approximate surface area is 121 Å². The third-order valence-electron chi connectivity index (χ3n) is 4.16. The van der Waals surface area contributed by atoms with Gasteiger partial charge in [0.05, 0.1) is 5.69 Å². The normalized spacial score (nSPS) is 20.0. The summed E-state index contributed by atoms with van der Waals surface area (Å²) >= 11 is 0. The van der Waals surface area contributed by atoms with Crippen LogP contribution in [0.15, 0.2) is 18.3 Å². The van der Waals surface area contributed by atoms with Crippen LogP contribution < -0.4 is 5.73 Å². The molecule has 0 spiro atoms. The average Bonchev–Trinajstić information content (AvgIpc) is 2.64. The first-order valence-corrected chi connectivity index (χ1v) is 7.65. The van der Waals surface area contributed by atoms with Crippen molar-refractivity contribution in [3.05, 3.63) is 29.6 Å². The fourth-order valence-electron chi connectivity index (χ4n) is 2.96. The van der Waals surface area contributed by atoms with E-state index in [0.717, 1.165) is 30.6 Å². The number of nitrogens with zero attached hydrogens (tertiary/aromatic N) is 2. The van der Waals surface area contributed by atoms with Crippen LogP contribution in [0.4, 0.5) is 0 Å². The van der Waals surface area contributed by atoms with Gasteiger partial charge in [-0.1, -0.05) is 25.8 Å². The van der Waals surface area contributed by atoms with Crippen molar-refractivity contribution >= 4 is 5.91 Å². The minimum absolute atomic E-state index is 0.274. The Balaban J connectivity index is 2.02. The van der Waals surface area contributed by atoms with Crippen molar-refractivity contribution in [3.8, 4) is 0 Å². The minimum atomic E-state index is 0.274. The van der Waals surface area contributed by atoms with E-state index in [4.69, 9.17) is 5.73 Å². The highest BCUT2D eigenvalue weighted by Gasteiger charge is 2.22. The van der Waals surface area contributed by atoms with Gasteiger partial charge in [0.1, 0.15) is 0 Å². The summed E-state index contributed by atoms with van der Waals surface area (Å²) in [5.41, 5.74) is 7.70. The van der Waals surface area contributed by atoms with E-state index in [1.165, 1.54) is 12.8 Å². The third kappa shape index (κ3) is 3.79. The summed E-state index contributed by atoms with van der Waals surface area (Å²) in [4.78, 5) is 18.5. The van der Waals surface area contributed by atoms with Crippen LogP contribution in [-0.4, -0.2) is 22.3 Å². The summed E-state index contributed by atoms with van der Waals surface area (Å²) in [6.45, 7) is 4.16. The Bertz CT molecular complexity index is 447. The number of hydrogen-bond acceptors (Lipinski definition) is 3. The number of carbonyl (C=O) groups excluding carboxylic acids is 1. The van der Waals surface area contributed by atoms with Crippen LogP contribution in [0, 0.1) is 5.92 Å². The van der Waals surface area contributed by atoms with Gasteiger partial charge < -0.3 is 10.6 Å². The number of rotatable bonds is 5. The van der Waals surface area contributed by atoms with Gasteiger partial charge in [0.15, 0.2) is 0 Å². The van der Waals surface area contributed by atoms with Crippen LogP contribution in [0.1, 0.15) is 50.3 Å². The van der Waals surface area contributed by atoms with Crippen molar-refractivity contribution in [1.82, 2.24) is 9.88 Å². The molecule has 110 valence electrons. The number of aromatic nitrogens is 1. The van der Waals surface area contributed by atoms with E-state index in [1.54, 1.807) is 6.20 Å². The van der Waals surface area contributed by atoms with Crippen molar-refractivity contribution in [2.24, 2.45) is 11.7 Å². The molecule has 20 heavy (non-hydrogen) atoms. The average molecular weight is 275 g/mol. The number of pyridine rings is 1. The van der Waals surface area contributed by atoms with Gasteiger partial charge in [-0.3, -0.25) is 9.78 Å². The minimum Gasteiger partial charge on any atom is -0.338 e. The van der Waals surface area contributed by atoms with Crippen molar-refractivity contribution in [2.75, 3.05) is 6.54 Å². The van der Waals surface area contributed by atoms with Gasteiger partial charge in [-0.15, -0.1) is 0 Å². The highest BCUT2D eigenvalue weighted by atomic mass is 16.2. The van der Waals surface area contributed by atoms with E-state index in [2.05, 4.69) is 11.9 Å². The van der Waals surface area contributed by atoms with Crippen LogP contribution in [0.3, 0.4) is 0 Å². The molecule has 1 aliphatic rings. The zero-order valence-electron chi connectivity index (χ0n) is 12.3. The van der Waals surface area contributed by atoms with Crippen LogP contribution in [-0.2, 0) is 17.9 Å². The van der Waals surface area contributed by atoms with E-state index >= 15 is 0 Å². The lowest BCUT2D eigenvalue weighted by Gasteiger charge is -2.22. The molecule has 1 aliphatic heterocycles. The molecule has 0 saturated carbocycles. The molecule has 2 rings (SSSR count). The molecular formula is C16H25N3O. The molecule has 1 amide bonds. The fourth-order valence-corrected chi connectivity index (χ4v) is 2.96. The molecule has 2 N–H and O–H groups in total. The largest absolute Gasteiger partial charge is 0.338 e. The van der Waals surface area contributed by atoms with E-state index in [9.17, 15) is 4.79 Å². The van der Waals surface area contributed by atoms with E-state index in [1.807, 2.05) is 17.0 Å². The first-order valence-electron chi connectivity index (χ1n) is 7.65. The predicted molar refractivity (Wildman–Crippen MR) is 79.8 cm³/mol. The molecule has 0 radical (unpaired) electrons. The van der Waals surface area contributed by atoms with Gasteiger partial charge in [-0.05, 0) is 30.4 Å². The van der Waals surface area contributed by atoms with Crippen molar-refractivity contribution in [3.63, 3.8) is 0 Å². The van der Waals surface area contributed by atoms with Gasteiger partial charge in [0, 0.05) is 32.3 Å². The zero-order chi connectivity index (χ0) is 14.4. The molecule has 1 aromatic rings. The van der Waals surface area contributed by atoms with Gasteiger partial charge in [0.2, 0.25) is 5.91 Å². The summed E-state index contributed by atoms with van der Waals surface area (Å²) in [5.74, 6) is 0.979. The van der Waals surface area contributed by atoms with Crippen molar-refractivity contribution < 1.29 is 4.79 Å². The molecule has 1 fully saturated rings. The second kappa shape index (κ2) is 7.39. The number of likely N-dealkylation sites (tertiary alicyclic amines) is 1. The number of amides is 1. The highest BCUT2D eigenvalue weighted by Crippen LogP contribution is 2.23. The molecule has 0 bridgehead atoms. The Morgan fingerprint density at radius 2 is 2.30 bits per heavy atom. The van der Waals surface area contributed by atoms with Crippen molar-refractivity contribution in [2.45, 2.75) is 52.1 Å². The SMILES string of the molecule is CCCC1CCC(=O)N(Cc2cccnc2CN)CC1. The van der Waals surface area contributed by atoms with Crippen LogP contribution >= 0.6 is 0 Å². The van der Waals surface area contributed by atoms with Crippen LogP contribution in [0.5, 0.6) is 0 Å². The lowest BCUT2D eigenvalue weighted by atomic mass is 9.96. The van der Waals surface area contributed by atoms with E-state index in [0.29, 0.717) is 25.4 Å². The smallest absolute Gasteiger partial charge is 0.222 e. The first-order chi connectivity index (χ1) is 9.74. The highest BCUT2D eigenvalue weighted by molar-refractivity contribution is 5.76. The van der Waals surface area contributed by atoms with E-state index in [-0.39, 0.29) is 5.91 Å². The van der Waals surface area contributed by atoms with Gasteiger partial charge >= 0.3 is 0 Å². The van der Waals surface area contributed by atoms with Crippen LogP contribution in [0.2, 0.25) is 0 Å². The standard InChI is InChI=1S/C16H25N3O/c1-2-4-13-6-7-16(20)19(10-8-13)12-14-5-3-9-18-15(14)11-17/h3,5,9,13H,2,4,6-8,10-12,17H2,1H3. The maximum absolute atomic E-state index is 12.2. The summed E-state index contributed by atoms with van der Waals surface area (Å²) in [7, 11) is 0. The number of carbonyl (C=O) groups is 1. The molecule has 4 nitrogen and oxygen atoms in total. The molecule has 0 aromatic carbocycles. The summed E-state index contributed by atoms with van der Waals surface area (Å²) in [5, 5.41) is 0. The summed E-state index contributed by atoms with van der Waals surface area (Å²) < 4.78 is 0. The maximum Gasteiger partial charge on any atom is 0.222 e. The topological polar surface area (TPSA) is 59.2 Å². The Morgan fingerprint density at radius 3 is 3.05 bits per heavy atom. The summed E-state index contributed by atoms with van der Waals surface area (Å²) in [6, 6.07) is 3.94. The van der Waals surface area contributed by atoms with E-state index < -0.39 is 0 Å². The molecule has 1 unspecified atom stereocenters. The lowest BCUT2D eigenvalue weighted by Crippen LogP contribution is -2.30. The number of nitrogens with two attached hydrogens (primary N) is 1. The Kier molecular flexibility index (Phi) is 5.53. The van der Waals surface area contributed by atoms with Gasteiger partial charge in [-0.25, -0.2) is 0 Å². The Morgan fingerprint density at radius 1 is 1.45 bits per heavy atom. The predicted octanol–water partition coefficient (Wildman–Crippen LogP) is 2.47. The van der Waals surface area contributed by atoms with Crippen molar-refractivity contribution in [1.29, 1.82) is 0 Å². The van der Waals surface area contributed by atoms with Gasteiger partial charge in [0.25, 0.3) is 0 Å². The molecule has 0 aliphatic carbocycles. The molecule has 1 atom stereocenters. The monoisotopic (exact) mass is 275 g/mol.